The van der Waals surface area contributed by atoms with Gasteiger partial charge in [-0.2, -0.15) is 0 Å². The van der Waals surface area contributed by atoms with Gasteiger partial charge in [0.15, 0.2) is 23.0 Å². The SMILES string of the molecule is COc1cc(F)c(-c2cc(Cn3cnc4c(NCP(=O)(OCc5ccccc5)OCc5ccccc5)ncnc43)c(N3CCC[C@](N)([C@H](O)C(F)F)C3)cn2)cc1F. The molecule has 0 amide bonds. The number of nitrogens with one attached hydrogen (secondary N) is 1. The Morgan fingerprint density at radius 1 is 0.948 bits per heavy atom. The number of methoxy groups -OCH3 is 1. The summed E-state index contributed by atoms with van der Waals surface area (Å²) in [6, 6.07) is 22.0. The van der Waals surface area contributed by atoms with Crippen LogP contribution in [0.25, 0.3) is 22.4 Å². The first-order valence-corrected chi connectivity index (χ1v) is 20.1. The van der Waals surface area contributed by atoms with Crippen molar-refractivity contribution in [3.05, 3.63) is 126 Å². The second kappa shape index (κ2) is 17.6. The summed E-state index contributed by atoms with van der Waals surface area (Å²) < 4.78 is 90.1. The molecule has 4 N–H and O–H groups in total. The number of rotatable bonds is 16. The fourth-order valence-electron chi connectivity index (χ4n) is 6.84. The molecule has 0 spiro atoms. The molecule has 0 saturated carbocycles. The number of aliphatic hydroxyl groups is 1. The first-order valence-electron chi connectivity index (χ1n) is 18.3. The summed E-state index contributed by atoms with van der Waals surface area (Å²) in [7, 11) is -2.57. The van der Waals surface area contributed by atoms with E-state index in [9.17, 15) is 22.8 Å². The lowest BCUT2D eigenvalue weighted by Gasteiger charge is -2.44. The van der Waals surface area contributed by atoms with Crippen LogP contribution in [0.15, 0.2) is 97.7 Å². The van der Waals surface area contributed by atoms with E-state index in [1.54, 1.807) is 15.5 Å². The Kier molecular flexibility index (Phi) is 12.4. The van der Waals surface area contributed by atoms with Gasteiger partial charge in [0.1, 0.15) is 30.1 Å². The maximum atomic E-state index is 15.3. The molecular weight excluding hydrogens is 779 g/mol. The van der Waals surface area contributed by atoms with E-state index in [2.05, 4.69) is 25.3 Å². The van der Waals surface area contributed by atoms with Crippen LogP contribution in [0.5, 0.6) is 5.75 Å². The zero-order valence-corrected chi connectivity index (χ0v) is 32.2. The minimum atomic E-state index is -3.79. The molecule has 304 valence electrons. The highest BCUT2D eigenvalue weighted by Crippen LogP contribution is 2.49. The number of benzene rings is 3. The van der Waals surface area contributed by atoms with Crippen molar-refractivity contribution in [3.63, 3.8) is 0 Å². The fraction of sp³-hybridized carbons (Fsp3) is 0.300. The van der Waals surface area contributed by atoms with Crippen LogP contribution in [0.1, 0.15) is 29.5 Å². The van der Waals surface area contributed by atoms with Crippen LogP contribution in [0.3, 0.4) is 0 Å². The normalized spacial score (nSPS) is 16.5. The van der Waals surface area contributed by atoms with Crippen molar-refractivity contribution in [3.8, 4) is 17.0 Å². The van der Waals surface area contributed by atoms with Gasteiger partial charge < -0.3 is 39.4 Å². The first-order chi connectivity index (χ1) is 27.9. The van der Waals surface area contributed by atoms with E-state index in [0.717, 1.165) is 23.3 Å². The molecule has 2 atom stereocenters. The predicted molar refractivity (Wildman–Crippen MR) is 210 cm³/mol. The minimum Gasteiger partial charge on any atom is -0.494 e. The third kappa shape index (κ3) is 9.14. The molecule has 1 fully saturated rings. The number of anilines is 2. The molecule has 1 aliphatic heterocycles. The number of imidazole rings is 1. The summed E-state index contributed by atoms with van der Waals surface area (Å²) in [6.07, 6.45) is -0.594. The Morgan fingerprint density at radius 2 is 1.64 bits per heavy atom. The number of aliphatic hydroxyl groups excluding tert-OH is 1. The molecule has 4 heterocycles. The molecular formula is C40H41F4N8O5P. The molecule has 0 unspecified atom stereocenters. The number of halogens is 4. The summed E-state index contributed by atoms with van der Waals surface area (Å²) in [6.45, 7) is 0.387. The number of hydrogen-bond acceptors (Lipinski definition) is 12. The summed E-state index contributed by atoms with van der Waals surface area (Å²) in [5.74, 6) is -1.61. The van der Waals surface area contributed by atoms with E-state index in [1.807, 2.05) is 60.7 Å². The van der Waals surface area contributed by atoms with Crippen LogP contribution >= 0.6 is 7.60 Å². The van der Waals surface area contributed by atoms with Crippen LogP contribution in [-0.2, 0) is 33.4 Å². The van der Waals surface area contributed by atoms with E-state index in [4.69, 9.17) is 19.5 Å². The predicted octanol–water partition coefficient (Wildman–Crippen LogP) is 7.14. The molecule has 58 heavy (non-hydrogen) atoms. The lowest BCUT2D eigenvalue weighted by Crippen LogP contribution is -2.63. The van der Waals surface area contributed by atoms with Crippen LogP contribution < -0.4 is 20.7 Å². The molecule has 3 aromatic heterocycles. The Bertz CT molecular complexity index is 2350. The van der Waals surface area contributed by atoms with Gasteiger partial charge in [0.05, 0.1) is 56.3 Å². The number of ether oxygens (including phenoxy) is 1. The maximum Gasteiger partial charge on any atom is 0.350 e. The molecule has 7 rings (SSSR count). The quantitative estimate of drug-likeness (QED) is 0.0669. The van der Waals surface area contributed by atoms with Crippen LogP contribution in [0.2, 0.25) is 0 Å². The Hall–Kier alpha value is -5.45. The van der Waals surface area contributed by atoms with Crippen molar-refractivity contribution in [1.82, 2.24) is 24.5 Å². The van der Waals surface area contributed by atoms with Crippen molar-refractivity contribution >= 4 is 30.3 Å². The Morgan fingerprint density at radius 3 is 2.29 bits per heavy atom. The topological polar surface area (TPSA) is 163 Å². The number of nitrogens with two attached hydrogens (primary N) is 1. The van der Waals surface area contributed by atoms with E-state index < -0.39 is 37.3 Å². The summed E-state index contributed by atoms with van der Waals surface area (Å²) >= 11 is 0. The van der Waals surface area contributed by atoms with E-state index >= 15 is 4.39 Å². The third-order valence-electron chi connectivity index (χ3n) is 9.93. The van der Waals surface area contributed by atoms with E-state index in [-0.39, 0.29) is 61.8 Å². The summed E-state index contributed by atoms with van der Waals surface area (Å²) in [5.41, 5.74) is 7.97. The van der Waals surface area contributed by atoms with Gasteiger partial charge in [-0.25, -0.2) is 32.5 Å². The second-order valence-electron chi connectivity index (χ2n) is 13.9. The van der Waals surface area contributed by atoms with Crippen molar-refractivity contribution in [2.45, 2.75) is 50.7 Å². The molecule has 1 saturated heterocycles. The van der Waals surface area contributed by atoms with Gasteiger partial charge in [0.2, 0.25) is 0 Å². The molecule has 0 bridgehead atoms. The number of pyridine rings is 1. The van der Waals surface area contributed by atoms with Crippen molar-refractivity contribution in [2.75, 3.05) is 36.7 Å². The highest BCUT2D eigenvalue weighted by atomic mass is 31.2. The smallest absolute Gasteiger partial charge is 0.350 e. The van der Waals surface area contributed by atoms with Gasteiger partial charge in [-0.05, 0) is 41.7 Å². The van der Waals surface area contributed by atoms with E-state index in [1.165, 1.54) is 26.0 Å². The summed E-state index contributed by atoms with van der Waals surface area (Å²) in [4.78, 5) is 19.5. The van der Waals surface area contributed by atoms with Crippen LogP contribution in [0.4, 0.5) is 29.1 Å². The second-order valence-corrected chi connectivity index (χ2v) is 16.0. The minimum absolute atomic E-state index is 0.0368. The lowest BCUT2D eigenvalue weighted by molar-refractivity contribution is -0.0529. The Balaban J connectivity index is 1.19. The molecule has 18 heteroatoms. The zero-order valence-electron chi connectivity index (χ0n) is 31.3. The van der Waals surface area contributed by atoms with Gasteiger partial charge in [-0.15, -0.1) is 0 Å². The number of fused-ring (bicyclic) bond motifs is 1. The number of piperidine rings is 1. The first kappa shape index (κ1) is 40.7. The summed E-state index contributed by atoms with van der Waals surface area (Å²) in [5, 5.41) is 13.5. The highest BCUT2D eigenvalue weighted by molar-refractivity contribution is 7.53. The Labute approximate surface area is 331 Å². The van der Waals surface area contributed by atoms with Crippen LogP contribution in [-0.4, -0.2) is 74.2 Å². The number of nitrogens with zero attached hydrogens (tertiary/aromatic N) is 6. The van der Waals surface area contributed by atoms with Gasteiger partial charge >= 0.3 is 7.60 Å². The zero-order chi connectivity index (χ0) is 40.9. The lowest BCUT2D eigenvalue weighted by atomic mass is 9.84. The van der Waals surface area contributed by atoms with Crippen molar-refractivity contribution < 1.29 is 41.0 Å². The van der Waals surface area contributed by atoms with Crippen LogP contribution in [0, 0.1) is 11.6 Å². The maximum absolute atomic E-state index is 15.3. The van der Waals surface area contributed by atoms with Gasteiger partial charge in [0.25, 0.3) is 6.43 Å². The largest absolute Gasteiger partial charge is 0.494 e. The number of alkyl halides is 2. The van der Waals surface area contributed by atoms with Crippen molar-refractivity contribution in [2.24, 2.45) is 5.73 Å². The monoisotopic (exact) mass is 820 g/mol. The van der Waals surface area contributed by atoms with Gasteiger partial charge in [-0.1, -0.05) is 60.7 Å². The molecule has 3 aromatic carbocycles. The number of aromatic nitrogens is 5. The molecule has 0 radical (unpaired) electrons. The fourth-order valence-corrected chi connectivity index (χ4v) is 8.14. The van der Waals surface area contributed by atoms with Gasteiger partial charge in [0, 0.05) is 24.7 Å². The number of hydrogen-bond donors (Lipinski definition) is 3. The third-order valence-corrected chi connectivity index (χ3v) is 11.5. The average Bonchev–Trinajstić information content (AvgIpc) is 3.65. The van der Waals surface area contributed by atoms with Gasteiger partial charge in [-0.3, -0.25) is 9.55 Å². The molecule has 0 aliphatic carbocycles. The average molecular weight is 821 g/mol. The standard InChI is InChI=1S/C40H41F4N8O5P/c1-55-34-17-30(41)29(16-31(34)42)32-15-28(33(18-46-32)51-14-8-13-40(45,22-51)36(53)37(43)44)19-52-24-49-35-38(47-23-48-39(35)52)50-25-58(54,56-20-26-9-4-2-5-10-26)57-21-27-11-6-3-7-12-27/h2-7,9-12,15-18,23-24,36-37,53H,8,13-14,19-22,25,45H2,1H3,(H,47,48,50)/t36-,40-/m1/s1. The molecule has 1 aliphatic rings. The van der Waals surface area contributed by atoms with Crippen molar-refractivity contribution in [1.29, 1.82) is 0 Å². The molecule has 13 nitrogen and oxygen atoms in total. The van der Waals surface area contributed by atoms with E-state index in [0.29, 0.717) is 35.4 Å². The highest BCUT2D eigenvalue weighted by Gasteiger charge is 2.43. The molecule has 6 aromatic rings.